The largest absolute Gasteiger partial charge is 0.494 e. The van der Waals surface area contributed by atoms with Gasteiger partial charge in [0, 0.05) is 105 Å². The number of rotatable bonds is 12. The molecule has 7 heterocycles. The van der Waals surface area contributed by atoms with E-state index in [0.29, 0.717) is 51.5 Å². The third-order valence-electron chi connectivity index (χ3n) is 14.1. The van der Waals surface area contributed by atoms with Gasteiger partial charge in [-0.25, -0.2) is 9.78 Å². The number of pyridine rings is 1. The lowest BCUT2D eigenvalue weighted by molar-refractivity contribution is -0.135. The van der Waals surface area contributed by atoms with E-state index in [-0.39, 0.29) is 18.7 Å². The topological polar surface area (TPSA) is 180 Å². The molecule has 16 nitrogen and oxygen atoms in total. The van der Waals surface area contributed by atoms with Crippen molar-refractivity contribution < 1.29 is 23.3 Å². The van der Waals surface area contributed by atoms with E-state index >= 15 is 0 Å². The van der Waals surface area contributed by atoms with Gasteiger partial charge < -0.3 is 34.2 Å². The van der Waals surface area contributed by atoms with Gasteiger partial charge in [-0.1, -0.05) is 12.1 Å². The zero-order valence-electron chi connectivity index (χ0n) is 38.1. The summed E-state index contributed by atoms with van der Waals surface area (Å²) in [6.07, 6.45) is 8.47. The number of anilines is 5. The standard InChI is InChI=1S/C49H56BrN10O6P/c1-30-26-38(54-48-51-29-35(50)46(56-48)53-37-10-9-36-34(8-6-31(2)52-36)45(37)67(64)24-4-5-25-67)42(65-3)28-41(30)59-18-15-33(16-19-59)58-22-20-57(21-23-58)17-14-32-7-11-39-43(27-32)66-49(63)60(39)40-12-13-44(61)55-47(40)62/h6-11,26-29,33,40H,4-5,12-25H2,1-3H3,(H,55,61,62)(H2,51,53,54,56). The Labute approximate surface area is 397 Å². The van der Waals surface area contributed by atoms with E-state index < -0.39 is 24.8 Å². The summed E-state index contributed by atoms with van der Waals surface area (Å²) in [5.41, 5.74) is 7.71. The first-order chi connectivity index (χ1) is 32.4. The maximum Gasteiger partial charge on any atom is 0.420 e. The third-order valence-corrected chi connectivity index (χ3v) is 18.0. The van der Waals surface area contributed by atoms with Crippen molar-refractivity contribution in [2.45, 2.75) is 70.9 Å². The first-order valence-corrected chi connectivity index (χ1v) is 26.2. The summed E-state index contributed by atoms with van der Waals surface area (Å²) in [6.45, 7) is 11.0. The molecular weight excluding hydrogens is 935 g/mol. The van der Waals surface area contributed by atoms with Crippen LogP contribution in [0.25, 0.3) is 22.0 Å². The molecule has 3 aromatic heterocycles. The smallest absolute Gasteiger partial charge is 0.420 e. The molecule has 1 unspecified atom stereocenters. The Morgan fingerprint density at radius 3 is 2.45 bits per heavy atom. The summed E-state index contributed by atoms with van der Waals surface area (Å²) in [5, 5.41) is 11.1. The van der Waals surface area contributed by atoms with Gasteiger partial charge in [-0.05, 0) is 116 Å². The molecule has 10 rings (SSSR count). The monoisotopic (exact) mass is 990 g/mol. The number of imide groups is 1. The van der Waals surface area contributed by atoms with Crippen LogP contribution in [0, 0.1) is 13.8 Å². The van der Waals surface area contributed by atoms with Gasteiger partial charge in [0.25, 0.3) is 0 Å². The summed E-state index contributed by atoms with van der Waals surface area (Å²) < 4.78 is 28.0. The van der Waals surface area contributed by atoms with Crippen LogP contribution >= 0.6 is 23.1 Å². The van der Waals surface area contributed by atoms with Crippen molar-refractivity contribution >= 4 is 91.0 Å². The molecule has 4 fully saturated rings. The highest BCUT2D eigenvalue weighted by Crippen LogP contribution is 2.54. The molecule has 350 valence electrons. The lowest BCUT2D eigenvalue weighted by Crippen LogP contribution is -2.53. The predicted molar refractivity (Wildman–Crippen MR) is 266 cm³/mol. The van der Waals surface area contributed by atoms with Gasteiger partial charge in [0.05, 0.1) is 34.0 Å². The van der Waals surface area contributed by atoms with E-state index in [1.54, 1.807) is 13.3 Å². The average Bonchev–Trinajstić information content (AvgIpc) is 3.91. The molecule has 3 aromatic carbocycles. The number of hydrogen-bond acceptors (Lipinski definition) is 14. The van der Waals surface area contributed by atoms with E-state index in [1.807, 2.05) is 49.4 Å². The molecule has 0 spiro atoms. The number of carbonyl (C=O) groups excluding carboxylic acids is 2. The molecule has 0 radical (unpaired) electrons. The van der Waals surface area contributed by atoms with Gasteiger partial charge in [-0.2, -0.15) is 4.98 Å². The maximum absolute atomic E-state index is 14.4. The molecule has 0 saturated carbocycles. The maximum atomic E-state index is 14.4. The number of carbonyl (C=O) groups is 2. The summed E-state index contributed by atoms with van der Waals surface area (Å²) >= 11 is 3.66. The third kappa shape index (κ3) is 9.23. The molecular formula is C49H56BrN10O6P. The Bertz CT molecular complexity index is 2990. The molecule has 4 saturated heterocycles. The van der Waals surface area contributed by atoms with E-state index in [0.717, 1.165) is 128 Å². The van der Waals surface area contributed by atoms with Crippen LogP contribution in [0.1, 0.15) is 61.4 Å². The number of nitrogens with one attached hydrogen (secondary N) is 3. The molecule has 3 N–H and O–H groups in total. The van der Waals surface area contributed by atoms with Crippen molar-refractivity contribution in [3.05, 3.63) is 92.6 Å². The number of fused-ring (bicyclic) bond motifs is 2. The van der Waals surface area contributed by atoms with Crippen molar-refractivity contribution in [3.63, 3.8) is 0 Å². The van der Waals surface area contributed by atoms with Crippen LogP contribution in [0.4, 0.5) is 28.8 Å². The molecule has 6 aromatic rings. The number of amides is 2. The van der Waals surface area contributed by atoms with Gasteiger partial charge in [-0.3, -0.25) is 29.4 Å². The molecule has 4 aliphatic rings. The van der Waals surface area contributed by atoms with E-state index in [4.69, 9.17) is 19.1 Å². The number of hydrogen-bond donors (Lipinski definition) is 3. The lowest BCUT2D eigenvalue weighted by Gasteiger charge is -2.43. The molecule has 4 aliphatic heterocycles. The molecule has 0 bridgehead atoms. The quantitative estimate of drug-likeness (QED) is 0.0816. The van der Waals surface area contributed by atoms with Crippen molar-refractivity contribution in [2.24, 2.45) is 0 Å². The number of methoxy groups -OCH3 is 1. The van der Waals surface area contributed by atoms with Crippen LogP contribution in [0.5, 0.6) is 5.75 Å². The number of halogens is 1. The van der Waals surface area contributed by atoms with Crippen LogP contribution < -0.4 is 36.6 Å². The summed E-state index contributed by atoms with van der Waals surface area (Å²) in [6, 6.07) is 17.7. The number of aromatic nitrogens is 4. The van der Waals surface area contributed by atoms with Crippen LogP contribution in [0.15, 0.2) is 74.5 Å². The molecule has 18 heteroatoms. The first-order valence-electron chi connectivity index (χ1n) is 23.4. The zero-order chi connectivity index (χ0) is 46.4. The number of nitrogens with zero attached hydrogens (tertiary/aromatic N) is 7. The summed E-state index contributed by atoms with van der Waals surface area (Å²) in [7, 11) is -0.946. The van der Waals surface area contributed by atoms with E-state index in [1.165, 1.54) is 4.57 Å². The van der Waals surface area contributed by atoms with Gasteiger partial charge in [0.15, 0.2) is 5.58 Å². The zero-order valence-corrected chi connectivity index (χ0v) is 40.6. The second kappa shape index (κ2) is 18.8. The fraction of sp³-hybridized carbons (Fsp3) is 0.429. The lowest BCUT2D eigenvalue weighted by atomic mass is 10.00. The van der Waals surface area contributed by atoms with Crippen molar-refractivity contribution in [1.29, 1.82) is 0 Å². The SMILES string of the molecule is COc1cc(N2CCC(N3CCN(CCc4ccc5c(c4)oc(=O)n5C4CCC(=O)NC4=O)CC3)CC2)c(C)cc1Nc1ncc(Br)c(Nc2ccc3nc(C)ccc3c2P2(=O)CCCC2)n1. The van der Waals surface area contributed by atoms with E-state index in [2.05, 4.69) is 70.6 Å². The number of benzene rings is 3. The molecule has 0 aliphatic carbocycles. The highest BCUT2D eigenvalue weighted by atomic mass is 79.9. The summed E-state index contributed by atoms with van der Waals surface area (Å²) in [5.74, 6) is 0.299. The minimum Gasteiger partial charge on any atom is -0.494 e. The number of piperazine rings is 1. The van der Waals surface area contributed by atoms with Gasteiger partial charge in [-0.15, -0.1) is 0 Å². The van der Waals surface area contributed by atoms with Gasteiger partial charge in [0.2, 0.25) is 17.8 Å². The Morgan fingerprint density at radius 2 is 1.69 bits per heavy atom. The minimum atomic E-state index is -2.63. The molecule has 67 heavy (non-hydrogen) atoms. The van der Waals surface area contributed by atoms with Crippen molar-refractivity contribution in [2.75, 3.05) is 80.8 Å². The second-order valence-corrected chi connectivity index (χ2v) is 22.3. The Hall–Kier alpha value is -5.61. The van der Waals surface area contributed by atoms with Crippen LogP contribution in [0.3, 0.4) is 0 Å². The highest BCUT2D eigenvalue weighted by Gasteiger charge is 2.35. The van der Waals surface area contributed by atoms with Crippen LogP contribution in [-0.2, 0) is 20.6 Å². The van der Waals surface area contributed by atoms with Gasteiger partial charge >= 0.3 is 5.76 Å². The minimum absolute atomic E-state index is 0.191. The molecule has 1 atom stereocenters. The predicted octanol–water partition coefficient (Wildman–Crippen LogP) is 7.40. The normalized spacial score (nSPS) is 19.6. The van der Waals surface area contributed by atoms with Crippen molar-refractivity contribution in [3.8, 4) is 5.75 Å². The van der Waals surface area contributed by atoms with Crippen molar-refractivity contribution in [1.82, 2.24) is 34.6 Å². The Kier molecular flexibility index (Phi) is 12.7. The second-order valence-electron chi connectivity index (χ2n) is 18.4. The van der Waals surface area contributed by atoms with Crippen LogP contribution in [0.2, 0.25) is 0 Å². The van der Waals surface area contributed by atoms with E-state index in [9.17, 15) is 18.9 Å². The Morgan fingerprint density at radius 1 is 0.896 bits per heavy atom. The number of oxazole rings is 1. The number of piperidine rings is 2. The fourth-order valence-electron chi connectivity index (χ4n) is 10.5. The highest BCUT2D eigenvalue weighted by molar-refractivity contribution is 9.10. The number of ether oxygens (including phenoxy) is 1. The molecule has 2 amide bonds. The fourth-order valence-corrected chi connectivity index (χ4v) is 14.1. The Balaban J connectivity index is 0.743. The summed E-state index contributed by atoms with van der Waals surface area (Å²) in [4.78, 5) is 58.8. The average molecular weight is 992 g/mol. The first kappa shape index (κ1) is 45.2. The number of aryl methyl sites for hydroxylation is 2. The van der Waals surface area contributed by atoms with Crippen LogP contribution in [-0.4, -0.2) is 112 Å². The van der Waals surface area contributed by atoms with Gasteiger partial charge in [0.1, 0.15) is 24.8 Å².